The molecule has 4 aromatic rings. The van der Waals surface area contributed by atoms with Crippen molar-refractivity contribution in [3.8, 4) is 11.3 Å². The van der Waals surface area contributed by atoms with E-state index in [1.54, 1.807) is 29.5 Å². The van der Waals surface area contributed by atoms with E-state index in [0.29, 0.717) is 38.9 Å². The summed E-state index contributed by atoms with van der Waals surface area (Å²) in [7, 11) is 0. The smallest absolute Gasteiger partial charge is 0.186 e. The quantitative estimate of drug-likeness (QED) is 0.176. The lowest BCUT2D eigenvalue weighted by Gasteiger charge is -2.24. The minimum Gasteiger partial charge on any atom is -0.396 e. The van der Waals surface area contributed by atoms with Gasteiger partial charge in [-0.15, -0.1) is 11.3 Å². The molecule has 1 aliphatic heterocycles. The van der Waals surface area contributed by atoms with Crippen LogP contribution in [0.3, 0.4) is 0 Å². The average molecular weight is 587 g/mol. The number of hydrogen-bond donors (Lipinski definition) is 2. The number of thiazole rings is 1. The van der Waals surface area contributed by atoms with Crippen LogP contribution < -0.4 is 10.6 Å². The number of nitrogen functional groups attached to an aromatic ring is 1. The van der Waals surface area contributed by atoms with Crippen molar-refractivity contribution in [1.29, 1.82) is 0 Å². The Kier molecular flexibility index (Phi) is 7.84. The van der Waals surface area contributed by atoms with Gasteiger partial charge in [-0.05, 0) is 37.1 Å². The first-order chi connectivity index (χ1) is 17.4. The first-order valence-electron chi connectivity index (χ1n) is 11.4. The highest BCUT2D eigenvalue weighted by Crippen LogP contribution is 2.41. The van der Waals surface area contributed by atoms with Gasteiger partial charge in [-0.1, -0.05) is 46.4 Å². The van der Waals surface area contributed by atoms with Crippen LogP contribution in [-0.2, 0) is 11.3 Å². The maximum Gasteiger partial charge on any atom is 0.186 e. The Morgan fingerprint density at radius 3 is 2.53 bits per heavy atom. The number of hydrogen-bond acceptors (Lipinski definition) is 7. The van der Waals surface area contributed by atoms with Crippen LogP contribution in [0.5, 0.6) is 0 Å². The van der Waals surface area contributed by atoms with Gasteiger partial charge < -0.3 is 25.0 Å². The molecule has 1 aliphatic rings. The van der Waals surface area contributed by atoms with Crippen molar-refractivity contribution in [2.24, 2.45) is 0 Å². The highest BCUT2D eigenvalue weighted by molar-refractivity contribution is 7.14. The summed E-state index contributed by atoms with van der Waals surface area (Å²) >= 11 is 26.7. The number of aromatic nitrogens is 3. The molecule has 0 bridgehead atoms. The second-order valence-electron chi connectivity index (χ2n) is 8.43. The van der Waals surface area contributed by atoms with Gasteiger partial charge in [-0.2, -0.15) is 0 Å². The molecule has 1 saturated heterocycles. The SMILES string of the molecule is Nc1c(Cl)cc(-c2csc(N3CCCC3c3nc4cc(Cl)c(Cl)cc4n3CCOCCO)n2)cc1Cl. The molecule has 3 N–H and O–H groups in total. The number of fused-ring (bicyclic) bond motifs is 1. The molecule has 1 unspecified atom stereocenters. The van der Waals surface area contributed by atoms with Crippen LogP contribution in [0.4, 0.5) is 10.8 Å². The second-order valence-corrected chi connectivity index (χ2v) is 10.9. The molecule has 1 atom stereocenters. The molecule has 5 rings (SSSR count). The summed E-state index contributed by atoms with van der Waals surface area (Å²) in [6, 6.07) is 7.22. The van der Waals surface area contributed by atoms with Gasteiger partial charge in [0, 0.05) is 24.0 Å². The fraction of sp³-hybridized carbons (Fsp3) is 0.333. The Bertz CT molecular complexity index is 1390. The van der Waals surface area contributed by atoms with Gasteiger partial charge in [-0.3, -0.25) is 0 Å². The van der Waals surface area contributed by atoms with Crippen LogP contribution in [0.15, 0.2) is 29.6 Å². The number of anilines is 2. The molecule has 2 aromatic carbocycles. The number of aliphatic hydroxyl groups excluding tert-OH is 1. The molecule has 7 nitrogen and oxygen atoms in total. The van der Waals surface area contributed by atoms with Crippen LogP contribution >= 0.6 is 57.7 Å². The summed E-state index contributed by atoms with van der Waals surface area (Å²) < 4.78 is 7.69. The number of halogens is 4. The van der Waals surface area contributed by atoms with Gasteiger partial charge in [-0.25, -0.2) is 9.97 Å². The average Bonchev–Trinajstić information content (AvgIpc) is 3.59. The van der Waals surface area contributed by atoms with Crippen molar-refractivity contribution in [1.82, 2.24) is 14.5 Å². The standard InChI is InChI=1S/C24H23Cl4N5O2S/c25-14-10-18-21(11-15(14)26)32(4-6-35-7-5-34)23(30-18)20-2-1-3-33(20)24-31-19(12-36-24)13-8-16(27)22(29)17(28)9-13/h8-12,20,34H,1-7,29H2. The molecule has 190 valence electrons. The molecular weight excluding hydrogens is 564 g/mol. The number of nitrogens with two attached hydrogens (primary N) is 1. The number of benzene rings is 2. The van der Waals surface area contributed by atoms with Gasteiger partial charge in [0.15, 0.2) is 5.13 Å². The van der Waals surface area contributed by atoms with Crippen LogP contribution in [-0.4, -0.2) is 46.0 Å². The van der Waals surface area contributed by atoms with Gasteiger partial charge in [0.25, 0.3) is 0 Å². The fourth-order valence-corrected chi connectivity index (χ4v) is 6.19. The largest absolute Gasteiger partial charge is 0.396 e. The van der Waals surface area contributed by atoms with E-state index >= 15 is 0 Å². The number of ether oxygens (including phenoxy) is 1. The maximum absolute atomic E-state index is 9.07. The molecule has 1 fully saturated rings. The van der Waals surface area contributed by atoms with Gasteiger partial charge in [0.2, 0.25) is 0 Å². The summed E-state index contributed by atoms with van der Waals surface area (Å²) in [5.74, 6) is 0.906. The summed E-state index contributed by atoms with van der Waals surface area (Å²) in [5, 5.41) is 13.7. The van der Waals surface area contributed by atoms with Crippen molar-refractivity contribution < 1.29 is 9.84 Å². The van der Waals surface area contributed by atoms with Crippen LogP contribution in [0.2, 0.25) is 20.1 Å². The Labute approximate surface area is 232 Å². The molecule has 0 spiro atoms. The molecule has 0 saturated carbocycles. The van der Waals surface area contributed by atoms with Crippen LogP contribution in [0, 0.1) is 0 Å². The predicted octanol–water partition coefficient (Wildman–Crippen LogP) is 6.71. The molecule has 0 radical (unpaired) electrons. The van der Waals surface area contributed by atoms with E-state index in [9.17, 15) is 0 Å². The number of imidazole rings is 1. The summed E-state index contributed by atoms with van der Waals surface area (Å²) in [4.78, 5) is 12.2. The zero-order valence-corrected chi connectivity index (χ0v) is 22.9. The predicted molar refractivity (Wildman–Crippen MR) is 149 cm³/mol. The van der Waals surface area contributed by atoms with Crippen molar-refractivity contribution in [2.75, 3.05) is 37.0 Å². The molecule has 0 amide bonds. The topological polar surface area (TPSA) is 89.4 Å². The van der Waals surface area contributed by atoms with E-state index in [0.717, 1.165) is 52.6 Å². The summed E-state index contributed by atoms with van der Waals surface area (Å²) in [6.07, 6.45) is 1.93. The number of rotatable bonds is 8. The van der Waals surface area contributed by atoms with E-state index < -0.39 is 0 Å². The van der Waals surface area contributed by atoms with Gasteiger partial charge in [0.1, 0.15) is 5.82 Å². The Morgan fingerprint density at radius 2 is 1.78 bits per heavy atom. The highest BCUT2D eigenvalue weighted by atomic mass is 35.5. The fourth-order valence-electron chi connectivity index (χ4n) is 4.48. The summed E-state index contributed by atoms with van der Waals surface area (Å²) in [5.41, 5.74) is 9.53. The molecule has 3 heterocycles. The first-order valence-corrected chi connectivity index (χ1v) is 13.8. The third-order valence-electron chi connectivity index (χ3n) is 6.18. The lowest BCUT2D eigenvalue weighted by molar-refractivity contribution is 0.0870. The Hall–Kier alpha value is -1.78. The molecule has 2 aromatic heterocycles. The minimum absolute atomic E-state index is 0.0189. The lowest BCUT2D eigenvalue weighted by atomic mass is 10.1. The molecular formula is C24H23Cl4N5O2S. The molecule has 12 heteroatoms. The third kappa shape index (κ3) is 5.00. The summed E-state index contributed by atoms with van der Waals surface area (Å²) in [6.45, 7) is 2.12. The third-order valence-corrected chi connectivity index (χ3v) is 8.40. The monoisotopic (exact) mass is 585 g/mol. The van der Waals surface area contributed by atoms with E-state index in [1.165, 1.54) is 0 Å². The molecule has 0 aliphatic carbocycles. The van der Waals surface area contributed by atoms with Crippen molar-refractivity contribution in [3.05, 3.63) is 55.6 Å². The van der Waals surface area contributed by atoms with Crippen LogP contribution in [0.25, 0.3) is 22.3 Å². The normalized spacial score (nSPS) is 15.9. The van der Waals surface area contributed by atoms with Crippen molar-refractivity contribution in [3.63, 3.8) is 0 Å². The van der Waals surface area contributed by atoms with Gasteiger partial charge in [0.05, 0.1) is 68.4 Å². The van der Waals surface area contributed by atoms with Crippen molar-refractivity contribution >= 4 is 79.6 Å². The second kappa shape index (κ2) is 10.9. The molecule has 36 heavy (non-hydrogen) atoms. The number of nitrogens with zero attached hydrogens (tertiary/aromatic N) is 4. The Morgan fingerprint density at radius 1 is 1.03 bits per heavy atom. The zero-order valence-electron chi connectivity index (χ0n) is 19.1. The van der Waals surface area contributed by atoms with Crippen molar-refractivity contribution in [2.45, 2.75) is 25.4 Å². The van der Waals surface area contributed by atoms with Crippen LogP contribution in [0.1, 0.15) is 24.7 Å². The maximum atomic E-state index is 9.07. The van der Waals surface area contributed by atoms with E-state index in [-0.39, 0.29) is 19.3 Å². The van der Waals surface area contributed by atoms with E-state index in [2.05, 4.69) is 9.47 Å². The van der Waals surface area contributed by atoms with E-state index in [4.69, 9.17) is 71.9 Å². The highest BCUT2D eigenvalue weighted by Gasteiger charge is 2.33. The lowest BCUT2D eigenvalue weighted by Crippen LogP contribution is -2.25. The zero-order chi connectivity index (χ0) is 25.4. The minimum atomic E-state index is -0.0216. The first kappa shape index (κ1) is 25.9. The Balaban J connectivity index is 1.50. The van der Waals surface area contributed by atoms with E-state index in [1.807, 2.05) is 11.4 Å². The number of aliphatic hydroxyl groups is 1. The van der Waals surface area contributed by atoms with Gasteiger partial charge >= 0.3 is 0 Å².